The Morgan fingerprint density at radius 1 is 0.963 bits per heavy atom. The van der Waals surface area contributed by atoms with Gasteiger partial charge < -0.3 is 20.3 Å². The SMILES string of the molecule is COc1cccc(NC(=O)C[NH+](C)CC(=O)Nc2ccccc2C(C)=O)c1. The van der Waals surface area contributed by atoms with Crippen molar-refractivity contribution < 1.29 is 24.0 Å². The number of quaternary nitrogens is 1. The molecule has 27 heavy (non-hydrogen) atoms. The molecule has 7 heteroatoms. The van der Waals surface area contributed by atoms with E-state index in [1.54, 1.807) is 62.7 Å². The molecule has 0 aliphatic heterocycles. The van der Waals surface area contributed by atoms with Crippen LogP contribution in [0.2, 0.25) is 0 Å². The summed E-state index contributed by atoms with van der Waals surface area (Å²) in [7, 11) is 3.31. The highest BCUT2D eigenvalue weighted by molar-refractivity contribution is 6.03. The van der Waals surface area contributed by atoms with Crippen LogP contribution < -0.4 is 20.3 Å². The van der Waals surface area contributed by atoms with Crippen molar-refractivity contribution in [2.24, 2.45) is 0 Å². The number of amides is 2. The van der Waals surface area contributed by atoms with Gasteiger partial charge in [0.2, 0.25) is 0 Å². The number of ketones is 1. The first kappa shape index (κ1) is 20.1. The zero-order valence-electron chi connectivity index (χ0n) is 15.7. The second kappa shape index (κ2) is 9.49. The number of hydrogen-bond acceptors (Lipinski definition) is 4. The predicted molar refractivity (Wildman–Crippen MR) is 103 cm³/mol. The molecule has 3 N–H and O–H groups in total. The van der Waals surface area contributed by atoms with Crippen molar-refractivity contribution in [3.63, 3.8) is 0 Å². The average Bonchev–Trinajstić information content (AvgIpc) is 2.61. The van der Waals surface area contributed by atoms with Crippen molar-refractivity contribution in [2.75, 3.05) is 37.9 Å². The normalized spacial score (nSPS) is 11.4. The highest BCUT2D eigenvalue weighted by Gasteiger charge is 2.16. The molecule has 2 aromatic carbocycles. The number of nitrogens with one attached hydrogen (secondary N) is 3. The summed E-state index contributed by atoms with van der Waals surface area (Å²) in [6.45, 7) is 1.67. The van der Waals surface area contributed by atoms with Crippen LogP contribution in [0.25, 0.3) is 0 Å². The Labute approximate surface area is 158 Å². The average molecular weight is 370 g/mol. The van der Waals surface area contributed by atoms with Crippen LogP contribution in [0.4, 0.5) is 11.4 Å². The second-order valence-corrected chi connectivity index (χ2v) is 6.24. The molecule has 7 nitrogen and oxygen atoms in total. The number of para-hydroxylation sites is 1. The molecule has 0 aliphatic carbocycles. The molecule has 0 heterocycles. The summed E-state index contributed by atoms with van der Waals surface area (Å²) in [5, 5.41) is 5.51. The fourth-order valence-corrected chi connectivity index (χ4v) is 2.61. The topological polar surface area (TPSA) is 88.9 Å². The van der Waals surface area contributed by atoms with Crippen LogP contribution >= 0.6 is 0 Å². The number of benzene rings is 2. The van der Waals surface area contributed by atoms with Crippen molar-refractivity contribution in [3.05, 3.63) is 54.1 Å². The molecule has 0 saturated heterocycles. The first-order valence-electron chi connectivity index (χ1n) is 8.54. The van der Waals surface area contributed by atoms with Crippen LogP contribution in [0.3, 0.4) is 0 Å². The number of rotatable bonds is 8. The van der Waals surface area contributed by atoms with Crippen molar-refractivity contribution in [1.29, 1.82) is 0 Å². The van der Waals surface area contributed by atoms with Gasteiger partial charge in [-0.1, -0.05) is 18.2 Å². The maximum absolute atomic E-state index is 12.2. The summed E-state index contributed by atoms with van der Waals surface area (Å²) in [6, 6.07) is 13.9. The van der Waals surface area contributed by atoms with Gasteiger partial charge in [0.05, 0.1) is 19.8 Å². The summed E-state index contributed by atoms with van der Waals surface area (Å²) in [5.74, 6) is 0.0503. The van der Waals surface area contributed by atoms with E-state index in [0.29, 0.717) is 27.6 Å². The summed E-state index contributed by atoms with van der Waals surface area (Å²) in [6.07, 6.45) is 0. The van der Waals surface area contributed by atoms with E-state index in [9.17, 15) is 14.4 Å². The molecule has 0 saturated carbocycles. The Morgan fingerprint density at radius 3 is 2.30 bits per heavy atom. The van der Waals surface area contributed by atoms with Gasteiger partial charge in [-0.3, -0.25) is 14.4 Å². The summed E-state index contributed by atoms with van der Waals surface area (Å²) >= 11 is 0. The van der Waals surface area contributed by atoms with E-state index >= 15 is 0 Å². The minimum atomic E-state index is -0.268. The minimum absolute atomic E-state index is 0.0950. The predicted octanol–water partition coefficient (Wildman–Crippen LogP) is 0.990. The third-order valence-electron chi connectivity index (χ3n) is 3.86. The fraction of sp³-hybridized carbons (Fsp3) is 0.250. The van der Waals surface area contributed by atoms with Crippen LogP contribution in [0, 0.1) is 0 Å². The summed E-state index contributed by atoms with van der Waals surface area (Å²) in [4.78, 5) is 36.7. The van der Waals surface area contributed by atoms with Gasteiger partial charge in [-0.25, -0.2) is 0 Å². The molecule has 2 amide bonds. The van der Waals surface area contributed by atoms with Gasteiger partial charge >= 0.3 is 0 Å². The lowest BCUT2D eigenvalue weighted by Gasteiger charge is -2.15. The number of hydrogen-bond donors (Lipinski definition) is 3. The number of likely N-dealkylation sites (N-methyl/N-ethyl adjacent to an activating group) is 1. The lowest BCUT2D eigenvalue weighted by atomic mass is 10.1. The van der Waals surface area contributed by atoms with Crippen molar-refractivity contribution in [3.8, 4) is 5.75 Å². The Morgan fingerprint density at radius 2 is 1.63 bits per heavy atom. The quantitative estimate of drug-likeness (QED) is 0.605. The van der Waals surface area contributed by atoms with Crippen molar-refractivity contribution in [2.45, 2.75) is 6.92 Å². The minimum Gasteiger partial charge on any atom is -0.497 e. The molecule has 1 atom stereocenters. The molecule has 142 valence electrons. The monoisotopic (exact) mass is 370 g/mol. The second-order valence-electron chi connectivity index (χ2n) is 6.24. The zero-order valence-corrected chi connectivity index (χ0v) is 15.7. The highest BCUT2D eigenvalue weighted by atomic mass is 16.5. The van der Waals surface area contributed by atoms with Gasteiger partial charge in [0.25, 0.3) is 11.8 Å². The van der Waals surface area contributed by atoms with Crippen molar-refractivity contribution >= 4 is 29.0 Å². The highest BCUT2D eigenvalue weighted by Crippen LogP contribution is 2.16. The van der Waals surface area contributed by atoms with Crippen LogP contribution in [0.15, 0.2) is 48.5 Å². The standard InChI is InChI=1S/C20H23N3O4/c1-14(24)17-9-4-5-10-18(17)22-20(26)13-23(2)12-19(25)21-15-7-6-8-16(11-15)27-3/h4-11H,12-13H2,1-3H3,(H,21,25)(H,22,26)/p+1. The molecule has 1 unspecified atom stereocenters. The van der Waals surface area contributed by atoms with E-state index in [1.807, 2.05) is 0 Å². The number of methoxy groups -OCH3 is 1. The number of anilines is 2. The summed E-state index contributed by atoms with van der Waals surface area (Å²) < 4.78 is 5.12. The Hall–Kier alpha value is -3.19. The van der Waals surface area contributed by atoms with Gasteiger partial charge in [-0.2, -0.15) is 0 Å². The van der Waals surface area contributed by atoms with E-state index in [-0.39, 0.29) is 30.7 Å². The van der Waals surface area contributed by atoms with E-state index in [4.69, 9.17) is 4.74 Å². The molecule has 0 bridgehead atoms. The first-order chi connectivity index (χ1) is 12.9. The van der Waals surface area contributed by atoms with Crippen molar-refractivity contribution in [1.82, 2.24) is 0 Å². The molecular formula is C20H24N3O4+. The molecule has 2 aromatic rings. The number of Topliss-reactive ketones (excluding diaryl/α,β-unsaturated/α-hetero) is 1. The van der Waals surface area contributed by atoms with E-state index in [0.717, 1.165) is 0 Å². The third-order valence-corrected chi connectivity index (χ3v) is 3.86. The lowest BCUT2D eigenvalue weighted by molar-refractivity contribution is -0.862. The maximum Gasteiger partial charge on any atom is 0.279 e. The largest absolute Gasteiger partial charge is 0.497 e. The zero-order chi connectivity index (χ0) is 19.8. The summed E-state index contributed by atoms with van der Waals surface area (Å²) in [5.41, 5.74) is 1.56. The maximum atomic E-state index is 12.2. The van der Waals surface area contributed by atoms with E-state index in [2.05, 4.69) is 10.6 Å². The van der Waals surface area contributed by atoms with Gasteiger partial charge in [0.15, 0.2) is 18.9 Å². The van der Waals surface area contributed by atoms with Gasteiger partial charge in [-0.05, 0) is 31.2 Å². The lowest BCUT2D eigenvalue weighted by Crippen LogP contribution is -3.11. The first-order valence-corrected chi connectivity index (χ1v) is 8.54. The molecule has 0 fully saturated rings. The van der Waals surface area contributed by atoms with E-state index in [1.165, 1.54) is 6.92 Å². The third kappa shape index (κ3) is 6.23. The Balaban J connectivity index is 1.87. The Bertz CT molecular complexity index is 835. The molecule has 0 aromatic heterocycles. The van der Waals surface area contributed by atoms with E-state index < -0.39 is 0 Å². The number of carbonyl (C=O) groups is 3. The Kier molecular flexibility index (Phi) is 7.08. The number of carbonyl (C=O) groups excluding carboxylic acids is 3. The van der Waals surface area contributed by atoms with Crippen LogP contribution in [-0.2, 0) is 9.59 Å². The van der Waals surface area contributed by atoms with Crippen LogP contribution in [0.5, 0.6) is 5.75 Å². The number of ether oxygens (including phenoxy) is 1. The fourth-order valence-electron chi connectivity index (χ4n) is 2.61. The van der Waals surface area contributed by atoms with Gasteiger partial charge in [-0.15, -0.1) is 0 Å². The molecule has 0 radical (unpaired) electrons. The van der Waals surface area contributed by atoms with Crippen LogP contribution in [0.1, 0.15) is 17.3 Å². The smallest absolute Gasteiger partial charge is 0.279 e. The molecule has 2 rings (SSSR count). The van der Waals surface area contributed by atoms with Gasteiger partial charge in [0.1, 0.15) is 5.75 Å². The molecular weight excluding hydrogens is 346 g/mol. The molecule has 0 aliphatic rings. The van der Waals surface area contributed by atoms with Crippen LogP contribution in [-0.4, -0.2) is 44.8 Å². The van der Waals surface area contributed by atoms with Gasteiger partial charge in [0, 0.05) is 17.3 Å². The molecule has 0 spiro atoms.